The van der Waals surface area contributed by atoms with Crippen LogP contribution >= 0.6 is 38.5 Å². The number of rotatable bonds is 4. The summed E-state index contributed by atoms with van der Waals surface area (Å²) < 4.78 is 4.75. The number of ether oxygens (including phenoxy) is 1. The minimum Gasteiger partial charge on any atom is -0.507 e. The number of alkyl halides is 1. The van der Waals surface area contributed by atoms with Crippen LogP contribution in [0.2, 0.25) is 0 Å². The van der Waals surface area contributed by atoms with E-state index >= 15 is 0 Å². The van der Waals surface area contributed by atoms with Crippen molar-refractivity contribution in [2.75, 3.05) is 13.7 Å². The van der Waals surface area contributed by atoms with E-state index < -0.39 is 15.8 Å². The lowest BCUT2D eigenvalue weighted by Crippen LogP contribution is -2.33. The Balaban J connectivity index is 2.63. The van der Waals surface area contributed by atoms with Crippen molar-refractivity contribution in [2.24, 2.45) is 0 Å². The summed E-state index contributed by atoms with van der Waals surface area (Å²) in [4.78, 5) is 22.9. The predicted molar refractivity (Wildman–Crippen MR) is 78.0 cm³/mol. The van der Waals surface area contributed by atoms with Gasteiger partial charge >= 0.3 is 5.97 Å². The first-order valence-electron chi connectivity index (χ1n) is 4.94. The number of hydrogen-bond donors (Lipinski definition) is 2. The highest BCUT2D eigenvalue weighted by Crippen LogP contribution is 2.22. The van der Waals surface area contributed by atoms with E-state index in [2.05, 4.69) is 26.0 Å². The Morgan fingerprint density at radius 3 is 2.78 bits per heavy atom. The first kappa shape index (κ1) is 15.2. The molecule has 1 aromatic carbocycles. The molecule has 5 nitrogen and oxygen atoms in total. The average Bonchev–Trinajstić information content (AvgIpc) is 2.34. The van der Waals surface area contributed by atoms with E-state index in [0.29, 0.717) is 4.47 Å². The molecule has 7 heteroatoms. The normalized spacial score (nSPS) is 11.7. The Kier molecular flexibility index (Phi) is 5.86. The molecule has 0 aliphatic heterocycles. The number of halogens is 2. The zero-order valence-electron chi connectivity index (χ0n) is 9.44. The largest absolute Gasteiger partial charge is 0.507 e. The van der Waals surface area contributed by atoms with E-state index in [-0.39, 0.29) is 17.9 Å². The van der Waals surface area contributed by atoms with Gasteiger partial charge in [0, 0.05) is 11.0 Å². The maximum absolute atomic E-state index is 11.8. The van der Waals surface area contributed by atoms with Gasteiger partial charge in [-0.25, -0.2) is 0 Å². The Morgan fingerprint density at radius 2 is 2.22 bits per heavy atom. The van der Waals surface area contributed by atoms with Gasteiger partial charge in [-0.1, -0.05) is 38.5 Å². The van der Waals surface area contributed by atoms with Crippen molar-refractivity contribution >= 4 is 50.4 Å². The molecule has 1 atom stereocenters. The smallest absolute Gasteiger partial charge is 0.320 e. The molecule has 1 unspecified atom stereocenters. The molecule has 1 rings (SSSR count). The van der Waals surface area contributed by atoms with E-state index in [1.165, 1.54) is 19.2 Å². The number of carbonyl (C=O) groups is 2. The van der Waals surface area contributed by atoms with Crippen LogP contribution in [0.25, 0.3) is 0 Å². The predicted octanol–water partition coefficient (Wildman–Crippen LogP) is 1.86. The molecule has 0 heterocycles. The van der Waals surface area contributed by atoms with Gasteiger partial charge < -0.3 is 15.2 Å². The van der Waals surface area contributed by atoms with E-state index in [1.807, 2.05) is 22.6 Å². The van der Waals surface area contributed by atoms with Crippen LogP contribution in [0.15, 0.2) is 22.7 Å². The molecule has 0 aliphatic rings. The van der Waals surface area contributed by atoms with Gasteiger partial charge in [0.25, 0.3) is 5.91 Å². The fourth-order valence-corrected chi connectivity index (χ4v) is 2.01. The van der Waals surface area contributed by atoms with Crippen molar-refractivity contribution in [1.29, 1.82) is 0 Å². The molecule has 0 aliphatic carbocycles. The van der Waals surface area contributed by atoms with E-state index in [4.69, 9.17) is 0 Å². The quantitative estimate of drug-likeness (QED) is 0.437. The van der Waals surface area contributed by atoms with Gasteiger partial charge in [-0.05, 0) is 18.2 Å². The Hall–Kier alpha value is -0.830. The van der Waals surface area contributed by atoms with Crippen LogP contribution < -0.4 is 5.32 Å². The molecule has 0 spiro atoms. The fraction of sp³-hybridized carbons (Fsp3) is 0.273. The Morgan fingerprint density at radius 1 is 1.56 bits per heavy atom. The van der Waals surface area contributed by atoms with Crippen LogP contribution in [0.1, 0.15) is 10.4 Å². The molecule has 1 amide bonds. The average molecular weight is 428 g/mol. The van der Waals surface area contributed by atoms with Crippen LogP contribution in [0.3, 0.4) is 0 Å². The molecule has 0 saturated carbocycles. The van der Waals surface area contributed by atoms with Crippen LogP contribution in [0.4, 0.5) is 0 Å². The summed E-state index contributed by atoms with van der Waals surface area (Å²) in [6.45, 7) is 0.140. The first-order chi connectivity index (χ1) is 8.45. The van der Waals surface area contributed by atoms with Gasteiger partial charge in [0.15, 0.2) is 0 Å². The minimum atomic E-state index is -0.464. The highest BCUT2D eigenvalue weighted by molar-refractivity contribution is 14.1. The third-order valence-corrected chi connectivity index (χ3v) is 3.55. The molecule has 0 aromatic heterocycles. The standard InChI is InChI=1S/C11H11BrINO4/c1-18-11(17)8(13)5-14-10(16)7-3-2-6(12)4-9(7)15/h2-4,8,15H,5H2,1H3,(H,14,16). The van der Waals surface area contributed by atoms with Crippen LogP contribution in [-0.4, -0.2) is 34.6 Å². The zero-order valence-corrected chi connectivity index (χ0v) is 13.2. The molecular weight excluding hydrogens is 417 g/mol. The summed E-state index contributed by atoms with van der Waals surface area (Å²) >= 11 is 5.06. The number of hydrogen-bond acceptors (Lipinski definition) is 4. The third-order valence-electron chi connectivity index (χ3n) is 2.10. The van der Waals surface area contributed by atoms with Crippen LogP contribution in [0, 0.1) is 0 Å². The summed E-state index contributed by atoms with van der Waals surface area (Å²) in [5.41, 5.74) is 0.159. The highest BCUT2D eigenvalue weighted by Gasteiger charge is 2.17. The summed E-state index contributed by atoms with van der Waals surface area (Å²) in [6.07, 6.45) is 0. The highest BCUT2D eigenvalue weighted by atomic mass is 127. The van der Waals surface area contributed by atoms with Gasteiger partial charge in [0.05, 0.1) is 12.7 Å². The van der Waals surface area contributed by atoms with E-state index in [0.717, 1.165) is 0 Å². The maximum atomic E-state index is 11.8. The van der Waals surface area contributed by atoms with Gasteiger partial charge in [-0.3, -0.25) is 9.59 Å². The summed E-state index contributed by atoms with van der Waals surface area (Å²) in [5.74, 6) is -0.966. The van der Waals surface area contributed by atoms with Crippen molar-refractivity contribution in [3.05, 3.63) is 28.2 Å². The third kappa shape index (κ3) is 4.13. The number of phenolic OH excluding ortho intramolecular Hbond substituents is 1. The molecule has 0 saturated heterocycles. The molecule has 0 radical (unpaired) electrons. The minimum absolute atomic E-state index is 0.120. The van der Waals surface area contributed by atoms with E-state index in [1.54, 1.807) is 6.07 Å². The second kappa shape index (κ2) is 6.93. The van der Waals surface area contributed by atoms with Crippen LogP contribution in [0.5, 0.6) is 5.75 Å². The number of benzene rings is 1. The van der Waals surface area contributed by atoms with Gasteiger partial charge in [-0.15, -0.1) is 0 Å². The molecule has 0 fully saturated rings. The van der Waals surface area contributed by atoms with Gasteiger partial charge in [0.1, 0.15) is 9.67 Å². The molecule has 0 bridgehead atoms. The van der Waals surface area contributed by atoms with Crippen molar-refractivity contribution in [3.8, 4) is 5.75 Å². The number of carbonyl (C=O) groups excluding carboxylic acids is 2. The SMILES string of the molecule is COC(=O)C(I)CNC(=O)c1ccc(Br)cc1O. The van der Waals surface area contributed by atoms with Crippen LogP contribution in [-0.2, 0) is 9.53 Å². The number of esters is 1. The number of nitrogens with one attached hydrogen (secondary N) is 1. The summed E-state index contributed by atoms with van der Waals surface area (Å²) in [6, 6.07) is 4.57. The number of phenols is 1. The number of amides is 1. The Labute approximate surface area is 126 Å². The lowest BCUT2D eigenvalue weighted by atomic mass is 10.2. The molecular formula is C11H11BrINO4. The van der Waals surface area contributed by atoms with Crippen molar-refractivity contribution < 1.29 is 19.4 Å². The maximum Gasteiger partial charge on any atom is 0.320 e. The summed E-state index contributed by atoms with van der Waals surface area (Å²) in [7, 11) is 1.29. The van der Waals surface area contributed by atoms with Crippen molar-refractivity contribution in [2.45, 2.75) is 3.92 Å². The van der Waals surface area contributed by atoms with Crippen molar-refractivity contribution in [1.82, 2.24) is 5.32 Å². The van der Waals surface area contributed by atoms with Gasteiger partial charge in [-0.2, -0.15) is 0 Å². The van der Waals surface area contributed by atoms with E-state index in [9.17, 15) is 14.7 Å². The molecule has 1 aromatic rings. The second-order valence-corrected chi connectivity index (χ2v) is 5.78. The first-order valence-corrected chi connectivity index (χ1v) is 6.98. The molecule has 98 valence electrons. The fourth-order valence-electron chi connectivity index (χ4n) is 1.19. The number of methoxy groups -OCH3 is 1. The lowest BCUT2D eigenvalue weighted by molar-refractivity contribution is -0.139. The van der Waals surface area contributed by atoms with Gasteiger partial charge in [0.2, 0.25) is 0 Å². The molecule has 18 heavy (non-hydrogen) atoms. The second-order valence-electron chi connectivity index (χ2n) is 3.36. The lowest BCUT2D eigenvalue weighted by Gasteiger charge is -2.10. The zero-order chi connectivity index (χ0) is 13.7. The Bertz CT molecular complexity index is 466. The monoisotopic (exact) mass is 427 g/mol. The van der Waals surface area contributed by atoms with Crippen molar-refractivity contribution in [3.63, 3.8) is 0 Å². The number of aromatic hydroxyl groups is 1. The topological polar surface area (TPSA) is 75.6 Å². The summed E-state index contributed by atoms with van der Waals surface area (Å²) in [5, 5.41) is 12.1. The molecule has 2 N–H and O–H groups in total.